The average molecular weight is 202 g/mol. The number of ether oxygens (including phenoxy) is 1. The smallest absolute Gasteiger partial charge is 0.337 e. The van der Waals surface area contributed by atoms with Crippen LogP contribution in [0.15, 0.2) is 24.8 Å². The predicted molar refractivity (Wildman–Crippen MR) is 57.5 cm³/mol. The van der Waals surface area contributed by atoms with Crippen LogP contribution in [0.3, 0.4) is 0 Å². The number of carbonyl (C=O) groups is 1. The van der Waals surface area contributed by atoms with Gasteiger partial charge < -0.3 is 4.74 Å². The van der Waals surface area contributed by atoms with Crippen molar-refractivity contribution in [3.8, 4) is 0 Å². The largest absolute Gasteiger partial charge is 0.465 e. The molecule has 0 bridgehead atoms. The van der Waals surface area contributed by atoms with Crippen molar-refractivity contribution >= 4 is 22.9 Å². The van der Waals surface area contributed by atoms with Crippen molar-refractivity contribution in [3.05, 3.63) is 36.0 Å². The highest BCUT2D eigenvalue weighted by molar-refractivity contribution is 5.96. The summed E-state index contributed by atoms with van der Waals surface area (Å²) in [6.07, 6.45) is 1.64. The van der Waals surface area contributed by atoms with E-state index in [0.717, 1.165) is 16.6 Å². The molecule has 0 saturated carbocycles. The average Bonchev–Trinajstić information content (AvgIpc) is 2.69. The summed E-state index contributed by atoms with van der Waals surface area (Å²) in [5, 5.41) is 7.76. The van der Waals surface area contributed by atoms with Crippen LogP contribution in [0.1, 0.15) is 16.1 Å². The topological polar surface area (TPSA) is 55.0 Å². The van der Waals surface area contributed by atoms with Crippen LogP contribution in [-0.2, 0) is 4.74 Å². The van der Waals surface area contributed by atoms with Crippen molar-refractivity contribution in [3.63, 3.8) is 0 Å². The molecule has 76 valence electrons. The number of esters is 1. The molecule has 4 nitrogen and oxygen atoms in total. The van der Waals surface area contributed by atoms with E-state index < -0.39 is 0 Å². The first-order valence-electron chi connectivity index (χ1n) is 4.45. The summed E-state index contributed by atoms with van der Waals surface area (Å²) in [5.41, 5.74) is 2.11. The first-order chi connectivity index (χ1) is 7.26. The summed E-state index contributed by atoms with van der Waals surface area (Å²) in [6, 6.07) is 5.22. The zero-order valence-corrected chi connectivity index (χ0v) is 8.28. The molecule has 0 amide bonds. The standard InChI is InChI=1S/C11H10N2O2/c1-3-9-8-6-7(11(14)15-2)4-5-10(8)13-12-9/h3-6H,1H2,2H3,(H,12,13). The Morgan fingerprint density at radius 2 is 2.40 bits per heavy atom. The second kappa shape index (κ2) is 3.57. The number of rotatable bonds is 2. The Balaban J connectivity index is 2.62. The molecule has 0 spiro atoms. The van der Waals surface area contributed by atoms with E-state index in [-0.39, 0.29) is 5.97 Å². The summed E-state index contributed by atoms with van der Waals surface area (Å²) in [6.45, 7) is 3.65. The molecule has 0 aliphatic rings. The highest BCUT2D eigenvalue weighted by Gasteiger charge is 2.08. The molecular weight excluding hydrogens is 192 g/mol. The van der Waals surface area contributed by atoms with Gasteiger partial charge in [0, 0.05) is 5.39 Å². The fourth-order valence-corrected chi connectivity index (χ4v) is 1.43. The van der Waals surface area contributed by atoms with Crippen LogP contribution in [0.5, 0.6) is 0 Å². The molecule has 2 rings (SSSR count). The van der Waals surface area contributed by atoms with Crippen LogP contribution in [0, 0.1) is 0 Å². The Labute approximate surface area is 86.6 Å². The number of aromatic nitrogens is 2. The summed E-state index contributed by atoms with van der Waals surface area (Å²) >= 11 is 0. The highest BCUT2D eigenvalue weighted by atomic mass is 16.5. The van der Waals surface area contributed by atoms with Crippen molar-refractivity contribution in [1.29, 1.82) is 0 Å². The summed E-state index contributed by atoms with van der Waals surface area (Å²) in [4.78, 5) is 11.3. The van der Waals surface area contributed by atoms with E-state index >= 15 is 0 Å². The number of carbonyl (C=O) groups excluding carboxylic acids is 1. The third-order valence-electron chi connectivity index (χ3n) is 2.21. The van der Waals surface area contributed by atoms with E-state index in [1.165, 1.54) is 7.11 Å². The van der Waals surface area contributed by atoms with Crippen molar-refractivity contribution in [1.82, 2.24) is 10.2 Å². The first-order valence-corrected chi connectivity index (χ1v) is 4.45. The molecule has 1 heterocycles. The Morgan fingerprint density at radius 1 is 1.60 bits per heavy atom. The number of H-pyrrole nitrogens is 1. The third-order valence-corrected chi connectivity index (χ3v) is 2.21. The minimum atomic E-state index is -0.354. The molecule has 1 aromatic heterocycles. The van der Waals surface area contributed by atoms with Gasteiger partial charge in [0.05, 0.1) is 23.9 Å². The van der Waals surface area contributed by atoms with Crippen LogP contribution in [0.25, 0.3) is 17.0 Å². The highest BCUT2D eigenvalue weighted by Crippen LogP contribution is 2.18. The van der Waals surface area contributed by atoms with Gasteiger partial charge in [-0.15, -0.1) is 0 Å². The second-order valence-corrected chi connectivity index (χ2v) is 3.06. The molecule has 15 heavy (non-hydrogen) atoms. The lowest BCUT2D eigenvalue weighted by Crippen LogP contribution is -2.00. The molecule has 1 aromatic carbocycles. The van der Waals surface area contributed by atoms with Gasteiger partial charge >= 0.3 is 5.97 Å². The maximum atomic E-state index is 11.3. The van der Waals surface area contributed by atoms with Crippen molar-refractivity contribution in [2.24, 2.45) is 0 Å². The van der Waals surface area contributed by atoms with Gasteiger partial charge in [-0.1, -0.05) is 6.58 Å². The lowest BCUT2D eigenvalue weighted by Gasteiger charge is -1.98. The van der Waals surface area contributed by atoms with E-state index in [1.807, 2.05) is 0 Å². The van der Waals surface area contributed by atoms with E-state index in [2.05, 4.69) is 21.5 Å². The van der Waals surface area contributed by atoms with Crippen LogP contribution in [0.4, 0.5) is 0 Å². The fourth-order valence-electron chi connectivity index (χ4n) is 1.43. The molecule has 0 aliphatic heterocycles. The molecular formula is C11H10N2O2. The van der Waals surface area contributed by atoms with E-state index in [0.29, 0.717) is 5.56 Å². The maximum absolute atomic E-state index is 11.3. The number of nitrogens with zero attached hydrogens (tertiary/aromatic N) is 1. The van der Waals surface area contributed by atoms with Crippen LogP contribution in [-0.4, -0.2) is 23.3 Å². The zero-order chi connectivity index (χ0) is 10.8. The van der Waals surface area contributed by atoms with Gasteiger partial charge in [-0.2, -0.15) is 5.10 Å². The second-order valence-electron chi connectivity index (χ2n) is 3.06. The minimum Gasteiger partial charge on any atom is -0.465 e. The van der Waals surface area contributed by atoms with E-state index in [1.54, 1.807) is 24.3 Å². The monoisotopic (exact) mass is 202 g/mol. The molecule has 0 aliphatic carbocycles. The molecule has 0 fully saturated rings. The number of fused-ring (bicyclic) bond motifs is 1. The van der Waals surface area contributed by atoms with Gasteiger partial charge in [-0.25, -0.2) is 4.79 Å². The number of hydrogen-bond donors (Lipinski definition) is 1. The van der Waals surface area contributed by atoms with Crippen LogP contribution >= 0.6 is 0 Å². The van der Waals surface area contributed by atoms with Gasteiger partial charge in [-0.05, 0) is 24.3 Å². The van der Waals surface area contributed by atoms with E-state index in [9.17, 15) is 4.79 Å². The summed E-state index contributed by atoms with van der Waals surface area (Å²) in [7, 11) is 1.36. The van der Waals surface area contributed by atoms with Crippen molar-refractivity contribution in [2.75, 3.05) is 7.11 Å². The normalized spacial score (nSPS) is 10.2. The Morgan fingerprint density at radius 3 is 3.07 bits per heavy atom. The van der Waals surface area contributed by atoms with Crippen molar-refractivity contribution in [2.45, 2.75) is 0 Å². The number of benzene rings is 1. The molecule has 1 N–H and O–H groups in total. The van der Waals surface area contributed by atoms with Crippen molar-refractivity contribution < 1.29 is 9.53 Å². The lowest BCUT2D eigenvalue weighted by molar-refractivity contribution is 0.0601. The van der Waals surface area contributed by atoms with Gasteiger partial charge in [0.25, 0.3) is 0 Å². The Bertz CT molecular complexity index is 528. The molecule has 0 atom stereocenters. The first kappa shape index (κ1) is 9.45. The summed E-state index contributed by atoms with van der Waals surface area (Å²) in [5.74, 6) is -0.354. The Hall–Kier alpha value is -2.10. The zero-order valence-electron chi connectivity index (χ0n) is 8.28. The fraction of sp³-hybridized carbons (Fsp3) is 0.0909. The summed E-state index contributed by atoms with van der Waals surface area (Å²) < 4.78 is 4.64. The SMILES string of the molecule is C=Cc1n[nH]c2ccc(C(=O)OC)cc12. The van der Waals surface area contributed by atoms with Gasteiger partial charge in [-0.3, -0.25) is 5.10 Å². The molecule has 0 unspecified atom stereocenters. The number of aromatic amines is 1. The van der Waals surface area contributed by atoms with Crippen LogP contribution in [0.2, 0.25) is 0 Å². The lowest BCUT2D eigenvalue weighted by atomic mass is 10.1. The molecule has 2 aromatic rings. The molecule has 0 saturated heterocycles. The van der Waals surface area contributed by atoms with Crippen LogP contribution < -0.4 is 0 Å². The maximum Gasteiger partial charge on any atom is 0.337 e. The van der Waals surface area contributed by atoms with E-state index in [4.69, 9.17) is 0 Å². The molecule has 0 radical (unpaired) electrons. The third kappa shape index (κ3) is 1.50. The minimum absolute atomic E-state index is 0.354. The van der Waals surface area contributed by atoms with Gasteiger partial charge in [0.1, 0.15) is 0 Å². The number of nitrogens with one attached hydrogen (secondary N) is 1. The number of methoxy groups -OCH3 is 1. The van der Waals surface area contributed by atoms with Gasteiger partial charge in [0.15, 0.2) is 0 Å². The quantitative estimate of drug-likeness (QED) is 0.757. The Kier molecular flexibility index (Phi) is 2.25. The predicted octanol–water partition coefficient (Wildman–Crippen LogP) is 1.99. The molecule has 4 heteroatoms. The van der Waals surface area contributed by atoms with Gasteiger partial charge in [0.2, 0.25) is 0 Å². The number of hydrogen-bond acceptors (Lipinski definition) is 3.